The Morgan fingerprint density at radius 2 is 2.09 bits per heavy atom. The summed E-state index contributed by atoms with van der Waals surface area (Å²) in [7, 11) is 0. The van der Waals surface area contributed by atoms with Gasteiger partial charge in [-0.2, -0.15) is 0 Å². The van der Waals surface area contributed by atoms with Gasteiger partial charge in [0.05, 0.1) is 22.9 Å². The minimum absolute atomic E-state index is 0.0725. The summed E-state index contributed by atoms with van der Waals surface area (Å²) in [5.74, 6) is 0.750. The lowest BCUT2D eigenvalue weighted by atomic mass is 9.74. The molecule has 0 aliphatic heterocycles. The number of hydrogen-bond donors (Lipinski definition) is 1. The number of furan rings is 1. The summed E-state index contributed by atoms with van der Waals surface area (Å²) < 4.78 is 5.55. The highest BCUT2D eigenvalue weighted by Crippen LogP contribution is 2.41. The summed E-state index contributed by atoms with van der Waals surface area (Å²) in [6.45, 7) is 4.35. The Bertz CT molecular complexity index is 721. The minimum atomic E-state index is -0.198. The number of carbonyl (C=O) groups excluding carboxylic acids is 1. The molecule has 1 aliphatic rings. The standard InChI is InChI=1S/C17H17Cl2NO2/c1-17(2)8-14(12-5-6-22-15(12)9-17)20-16(21)11-4-3-10(18)7-13(11)19/h3-7,14H,8-9H2,1-2H3,(H,20,21). The zero-order valence-corrected chi connectivity index (χ0v) is 14.0. The van der Waals surface area contributed by atoms with Crippen LogP contribution in [0.25, 0.3) is 0 Å². The van der Waals surface area contributed by atoms with Gasteiger partial charge in [0.2, 0.25) is 0 Å². The monoisotopic (exact) mass is 337 g/mol. The summed E-state index contributed by atoms with van der Waals surface area (Å²) in [4.78, 5) is 12.5. The molecule has 0 fully saturated rings. The van der Waals surface area contributed by atoms with Gasteiger partial charge in [-0.1, -0.05) is 37.0 Å². The van der Waals surface area contributed by atoms with E-state index in [4.69, 9.17) is 27.6 Å². The average Bonchev–Trinajstić information content (AvgIpc) is 2.84. The Morgan fingerprint density at radius 1 is 1.32 bits per heavy atom. The van der Waals surface area contributed by atoms with E-state index in [-0.39, 0.29) is 17.4 Å². The van der Waals surface area contributed by atoms with E-state index < -0.39 is 0 Å². The molecule has 1 N–H and O–H groups in total. The van der Waals surface area contributed by atoms with Crippen molar-refractivity contribution in [2.24, 2.45) is 5.41 Å². The maximum atomic E-state index is 12.5. The van der Waals surface area contributed by atoms with Crippen LogP contribution in [0.3, 0.4) is 0 Å². The predicted octanol–water partition coefficient (Wildman–Crippen LogP) is 5.03. The first-order valence-corrected chi connectivity index (χ1v) is 7.93. The lowest BCUT2D eigenvalue weighted by Gasteiger charge is -2.34. The van der Waals surface area contributed by atoms with Crippen LogP contribution in [0.15, 0.2) is 34.9 Å². The number of nitrogens with one attached hydrogen (secondary N) is 1. The van der Waals surface area contributed by atoms with Crippen LogP contribution in [-0.4, -0.2) is 5.91 Å². The van der Waals surface area contributed by atoms with Crippen LogP contribution in [0.1, 0.15) is 48.0 Å². The van der Waals surface area contributed by atoms with Crippen molar-refractivity contribution >= 4 is 29.1 Å². The number of amides is 1. The van der Waals surface area contributed by atoms with Crippen LogP contribution in [0, 0.1) is 5.41 Å². The zero-order valence-electron chi connectivity index (χ0n) is 12.5. The van der Waals surface area contributed by atoms with Gasteiger partial charge in [-0.05, 0) is 36.1 Å². The van der Waals surface area contributed by atoms with Crippen LogP contribution < -0.4 is 5.32 Å². The molecule has 3 rings (SSSR count). The molecule has 1 aliphatic carbocycles. The quantitative estimate of drug-likeness (QED) is 0.834. The molecule has 1 aromatic carbocycles. The number of carbonyl (C=O) groups is 1. The number of hydrogen-bond acceptors (Lipinski definition) is 2. The van der Waals surface area contributed by atoms with E-state index in [9.17, 15) is 4.79 Å². The number of benzene rings is 1. The van der Waals surface area contributed by atoms with E-state index in [1.807, 2.05) is 6.07 Å². The van der Waals surface area contributed by atoms with Crippen molar-refractivity contribution in [1.29, 1.82) is 0 Å². The second-order valence-electron chi connectivity index (χ2n) is 6.49. The normalized spacial score (nSPS) is 19.5. The number of rotatable bonds is 2. The molecule has 3 nitrogen and oxygen atoms in total. The molecule has 1 atom stereocenters. The molecule has 0 bridgehead atoms. The SMILES string of the molecule is CC1(C)Cc2occc2C(NC(=O)c2ccc(Cl)cc2Cl)C1. The van der Waals surface area contributed by atoms with Crippen molar-refractivity contribution in [1.82, 2.24) is 5.32 Å². The highest BCUT2D eigenvalue weighted by molar-refractivity contribution is 6.36. The first kappa shape index (κ1) is 15.4. The Morgan fingerprint density at radius 3 is 2.82 bits per heavy atom. The third-order valence-corrected chi connectivity index (χ3v) is 4.58. The summed E-state index contributed by atoms with van der Waals surface area (Å²) >= 11 is 12.0. The summed E-state index contributed by atoms with van der Waals surface area (Å²) in [5, 5.41) is 3.93. The molecule has 0 saturated heterocycles. The molecule has 116 valence electrons. The fraction of sp³-hybridized carbons (Fsp3) is 0.353. The molecule has 0 radical (unpaired) electrons. The molecular formula is C17H17Cl2NO2. The predicted molar refractivity (Wildman–Crippen MR) is 87.5 cm³/mol. The zero-order chi connectivity index (χ0) is 15.9. The lowest BCUT2D eigenvalue weighted by Crippen LogP contribution is -2.36. The van der Waals surface area contributed by atoms with E-state index in [0.29, 0.717) is 15.6 Å². The highest BCUT2D eigenvalue weighted by Gasteiger charge is 2.35. The second-order valence-corrected chi connectivity index (χ2v) is 7.34. The molecule has 0 saturated carbocycles. The molecular weight excluding hydrogens is 321 g/mol. The molecule has 5 heteroatoms. The summed E-state index contributed by atoms with van der Waals surface area (Å²) in [5.41, 5.74) is 1.56. The van der Waals surface area contributed by atoms with E-state index in [2.05, 4.69) is 19.2 Å². The van der Waals surface area contributed by atoms with Crippen molar-refractivity contribution in [3.8, 4) is 0 Å². The number of halogens is 2. The van der Waals surface area contributed by atoms with E-state index in [1.165, 1.54) is 0 Å². The Kier molecular flexibility index (Phi) is 3.96. The third kappa shape index (κ3) is 3.01. The Hall–Kier alpha value is -1.45. The second kappa shape index (κ2) is 5.64. The van der Waals surface area contributed by atoms with Crippen LogP contribution in [-0.2, 0) is 6.42 Å². The highest BCUT2D eigenvalue weighted by atomic mass is 35.5. The first-order chi connectivity index (χ1) is 10.4. The minimum Gasteiger partial charge on any atom is -0.469 e. The van der Waals surface area contributed by atoms with Gasteiger partial charge < -0.3 is 9.73 Å². The average molecular weight is 338 g/mol. The van der Waals surface area contributed by atoms with Crippen molar-refractivity contribution in [2.45, 2.75) is 32.7 Å². The van der Waals surface area contributed by atoms with Crippen LogP contribution >= 0.6 is 23.2 Å². The van der Waals surface area contributed by atoms with Crippen molar-refractivity contribution in [3.63, 3.8) is 0 Å². The van der Waals surface area contributed by atoms with Gasteiger partial charge in [0.1, 0.15) is 5.76 Å². The van der Waals surface area contributed by atoms with Gasteiger partial charge in [0.25, 0.3) is 5.91 Å². The largest absolute Gasteiger partial charge is 0.469 e. The topological polar surface area (TPSA) is 42.2 Å². The van der Waals surface area contributed by atoms with Gasteiger partial charge in [-0.25, -0.2) is 0 Å². The third-order valence-electron chi connectivity index (χ3n) is 4.03. The molecule has 2 aromatic rings. The van der Waals surface area contributed by atoms with Crippen molar-refractivity contribution < 1.29 is 9.21 Å². The fourth-order valence-corrected chi connectivity index (χ4v) is 3.51. The Balaban J connectivity index is 1.85. The van der Waals surface area contributed by atoms with Crippen LogP contribution in [0.5, 0.6) is 0 Å². The van der Waals surface area contributed by atoms with Gasteiger partial charge in [-0.3, -0.25) is 4.79 Å². The van der Waals surface area contributed by atoms with E-state index >= 15 is 0 Å². The van der Waals surface area contributed by atoms with Gasteiger partial charge in [0.15, 0.2) is 0 Å². The van der Waals surface area contributed by atoms with Crippen LogP contribution in [0.4, 0.5) is 0 Å². The van der Waals surface area contributed by atoms with Gasteiger partial charge in [-0.15, -0.1) is 0 Å². The summed E-state index contributed by atoms with van der Waals surface area (Å²) in [6, 6.07) is 6.74. The van der Waals surface area contributed by atoms with Crippen molar-refractivity contribution in [3.05, 3.63) is 57.5 Å². The van der Waals surface area contributed by atoms with Crippen LogP contribution in [0.2, 0.25) is 10.0 Å². The maximum absolute atomic E-state index is 12.5. The summed E-state index contributed by atoms with van der Waals surface area (Å²) in [6.07, 6.45) is 3.42. The fourth-order valence-electron chi connectivity index (χ4n) is 3.01. The smallest absolute Gasteiger partial charge is 0.253 e. The molecule has 1 amide bonds. The lowest BCUT2D eigenvalue weighted by molar-refractivity contribution is 0.0917. The van der Waals surface area contributed by atoms with Gasteiger partial charge in [0, 0.05) is 17.0 Å². The molecule has 1 heterocycles. The first-order valence-electron chi connectivity index (χ1n) is 7.18. The maximum Gasteiger partial charge on any atom is 0.253 e. The van der Waals surface area contributed by atoms with E-state index in [1.54, 1.807) is 24.5 Å². The Labute approximate surface area is 139 Å². The number of fused-ring (bicyclic) bond motifs is 1. The molecule has 0 spiro atoms. The molecule has 1 unspecified atom stereocenters. The molecule has 1 aromatic heterocycles. The van der Waals surface area contributed by atoms with Gasteiger partial charge >= 0.3 is 0 Å². The molecule has 22 heavy (non-hydrogen) atoms. The van der Waals surface area contributed by atoms with E-state index in [0.717, 1.165) is 24.2 Å². The van der Waals surface area contributed by atoms with Crippen molar-refractivity contribution in [2.75, 3.05) is 0 Å².